The molecule has 0 radical (unpaired) electrons. The molecule has 0 N–H and O–H groups in total. The van der Waals surface area contributed by atoms with Crippen molar-refractivity contribution >= 4 is 35.3 Å². The molecule has 0 unspecified atom stereocenters. The van der Waals surface area contributed by atoms with Crippen LogP contribution in [-0.4, -0.2) is 12.5 Å². The van der Waals surface area contributed by atoms with E-state index in [-0.39, 0.29) is 0 Å². The van der Waals surface area contributed by atoms with Crippen LogP contribution in [0.5, 0.6) is 0 Å². The summed E-state index contributed by atoms with van der Waals surface area (Å²) in [6.45, 7) is 0. The maximum Gasteiger partial charge on any atom is 0.100 e. The molecule has 0 amide bonds. The molecule has 104 valence electrons. The zero-order valence-electron chi connectivity index (χ0n) is 11.6. The maximum absolute atomic E-state index is 9.28. The Morgan fingerprint density at radius 2 is 1.19 bits per heavy atom. The fraction of sp³-hybridized carbons (Fsp3) is 0.125. The Balaban J connectivity index is 2.39. The second-order valence-corrected chi connectivity index (χ2v) is 6.89. The van der Waals surface area contributed by atoms with E-state index >= 15 is 0 Å². The molecular formula is C16H12N2S3. The van der Waals surface area contributed by atoms with E-state index in [1.807, 2.05) is 48.9 Å². The molecule has 0 aromatic heterocycles. The molecule has 2 aromatic carbocycles. The summed E-state index contributed by atoms with van der Waals surface area (Å²) < 4.78 is 0. The summed E-state index contributed by atoms with van der Waals surface area (Å²) in [5.41, 5.74) is 1.29. The second-order valence-electron chi connectivity index (χ2n) is 4.05. The lowest BCUT2D eigenvalue weighted by Gasteiger charge is -2.08. The summed E-state index contributed by atoms with van der Waals surface area (Å²) in [6, 6.07) is 16.1. The Kier molecular flexibility index (Phi) is 5.64. The molecule has 21 heavy (non-hydrogen) atoms. The van der Waals surface area contributed by atoms with Crippen LogP contribution in [-0.2, 0) is 0 Å². The lowest BCUT2D eigenvalue weighted by molar-refractivity contribution is 1.26. The number of hydrogen-bond acceptors (Lipinski definition) is 5. The minimum absolute atomic E-state index is 0.643. The largest absolute Gasteiger partial charge is 0.192 e. The van der Waals surface area contributed by atoms with Crippen LogP contribution in [0, 0.1) is 22.7 Å². The lowest BCUT2D eigenvalue weighted by atomic mass is 10.2. The molecule has 0 aliphatic rings. The lowest BCUT2D eigenvalue weighted by Crippen LogP contribution is -1.86. The van der Waals surface area contributed by atoms with Crippen LogP contribution >= 0.6 is 35.3 Å². The van der Waals surface area contributed by atoms with Crippen LogP contribution in [0.3, 0.4) is 0 Å². The van der Waals surface area contributed by atoms with Crippen molar-refractivity contribution in [3.05, 3.63) is 47.5 Å². The van der Waals surface area contributed by atoms with Crippen LogP contribution in [0.4, 0.5) is 0 Å². The van der Waals surface area contributed by atoms with Crippen molar-refractivity contribution in [3.8, 4) is 12.1 Å². The molecule has 0 atom stereocenters. The number of thioether (sulfide) groups is 2. The van der Waals surface area contributed by atoms with E-state index in [0.29, 0.717) is 11.1 Å². The highest BCUT2D eigenvalue weighted by molar-refractivity contribution is 7.99. The van der Waals surface area contributed by atoms with Crippen molar-refractivity contribution in [2.45, 2.75) is 19.6 Å². The highest BCUT2D eigenvalue weighted by atomic mass is 32.2. The molecule has 0 bridgehead atoms. The van der Waals surface area contributed by atoms with Crippen molar-refractivity contribution in [1.82, 2.24) is 0 Å². The van der Waals surface area contributed by atoms with E-state index in [4.69, 9.17) is 0 Å². The predicted octanol–water partition coefficient (Wildman–Crippen LogP) is 5.02. The van der Waals surface area contributed by atoms with Crippen LogP contribution in [0.25, 0.3) is 0 Å². The standard InChI is InChI=1S/C16H12N2S3/c1-19-13-3-5-15(11(7-13)9-17)21-16-6-4-14(20-2)8-12(16)10-18/h3-8H,1-2H3. The van der Waals surface area contributed by atoms with Crippen molar-refractivity contribution in [2.24, 2.45) is 0 Å². The van der Waals surface area contributed by atoms with Gasteiger partial charge in [0.1, 0.15) is 12.1 Å². The van der Waals surface area contributed by atoms with Crippen LogP contribution < -0.4 is 0 Å². The zero-order chi connectivity index (χ0) is 15.2. The number of benzene rings is 2. The van der Waals surface area contributed by atoms with E-state index in [2.05, 4.69) is 12.1 Å². The van der Waals surface area contributed by atoms with E-state index in [9.17, 15) is 10.5 Å². The first kappa shape index (κ1) is 15.9. The first-order valence-corrected chi connectivity index (χ1v) is 9.32. The van der Waals surface area contributed by atoms with Crippen molar-refractivity contribution in [1.29, 1.82) is 10.5 Å². The smallest absolute Gasteiger partial charge is 0.100 e. The van der Waals surface area contributed by atoms with Crippen molar-refractivity contribution < 1.29 is 0 Å². The zero-order valence-corrected chi connectivity index (χ0v) is 14.0. The minimum Gasteiger partial charge on any atom is -0.192 e. The van der Waals surface area contributed by atoms with Gasteiger partial charge in [0, 0.05) is 19.6 Å². The first-order chi connectivity index (χ1) is 10.2. The molecule has 2 nitrogen and oxygen atoms in total. The van der Waals surface area contributed by atoms with Gasteiger partial charge in [-0.05, 0) is 48.9 Å². The van der Waals surface area contributed by atoms with Gasteiger partial charge in [0.25, 0.3) is 0 Å². The van der Waals surface area contributed by atoms with E-state index < -0.39 is 0 Å². The van der Waals surface area contributed by atoms with Gasteiger partial charge in [0.05, 0.1) is 11.1 Å². The third-order valence-corrected chi connectivity index (χ3v) is 5.44. The van der Waals surface area contributed by atoms with Gasteiger partial charge in [-0.3, -0.25) is 0 Å². The number of nitrogens with zero attached hydrogens (tertiary/aromatic N) is 2. The van der Waals surface area contributed by atoms with Gasteiger partial charge in [0.15, 0.2) is 0 Å². The number of hydrogen-bond donors (Lipinski definition) is 0. The molecule has 5 heteroatoms. The summed E-state index contributed by atoms with van der Waals surface area (Å²) in [5.74, 6) is 0. The third kappa shape index (κ3) is 3.77. The molecule has 0 fully saturated rings. The summed E-state index contributed by atoms with van der Waals surface area (Å²) in [7, 11) is 0. The highest BCUT2D eigenvalue weighted by Crippen LogP contribution is 2.35. The Hall–Kier alpha value is -1.53. The van der Waals surface area contributed by atoms with Gasteiger partial charge in [-0.25, -0.2) is 0 Å². The fourth-order valence-electron chi connectivity index (χ4n) is 1.74. The maximum atomic E-state index is 9.28. The predicted molar refractivity (Wildman–Crippen MR) is 90.0 cm³/mol. The van der Waals surface area contributed by atoms with Crippen molar-refractivity contribution in [2.75, 3.05) is 12.5 Å². The van der Waals surface area contributed by atoms with E-state index in [1.165, 1.54) is 11.8 Å². The third-order valence-electron chi connectivity index (χ3n) is 2.83. The van der Waals surface area contributed by atoms with Gasteiger partial charge >= 0.3 is 0 Å². The normalized spacial score (nSPS) is 9.90. The molecule has 0 aliphatic carbocycles. The number of nitriles is 2. The molecule has 0 spiro atoms. The van der Waals surface area contributed by atoms with Gasteiger partial charge in [-0.2, -0.15) is 10.5 Å². The Labute approximate surface area is 137 Å². The summed E-state index contributed by atoms with van der Waals surface area (Å²) >= 11 is 4.69. The molecule has 0 saturated carbocycles. The van der Waals surface area contributed by atoms with Gasteiger partial charge in [-0.1, -0.05) is 11.8 Å². The Morgan fingerprint density at radius 1 is 0.762 bits per heavy atom. The van der Waals surface area contributed by atoms with Crippen molar-refractivity contribution in [3.63, 3.8) is 0 Å². The summed E-state index contributed by atoms with van der Waals surface area (Å²) in [5, 5.41) is 18.6. The first-order valence-electron chi connectivity index (χ1n) is 6.06. The monoisotopic (exact) mass is 328 g/mol. The number of rotatable bonds is 4. The Morgan fingerprint density at radius 3 is 1.52 bits per heavy atom. The second kappa shape index (κ2) is 7.47. The summed E-state index contributed by atoms with van der Waals surface area (Å²) in [4.78, 5) is 3.88. The average Bonchev–Trinajstić information content (AvgIpc) is 2.55. The molecule has 0 heterocycles. The van der Waals surface area contributed by atoms with Gasteiger partial charge in [-0.15, -0.1) is 23.5 Å². The minimum atomic E-state index is 0.643. The molecule has 2 aromatic rings. The van der Waals surface area contributed by atoms with Gasteiger partial charge < -0.3 is 0 Å². The SMILES string of the molecule is CSc1ccc(Sc2ccc(SC)cc2C#N)c(C#N)c1. The molecule has 2 rings (SSSR count). The Bertz CT molecular complexity index is 679. The quantitative estimate of drug-likeness (QED) is 0.737. The molecule has 0 aliphatic heterocycles. The van der Waals surface area contributed by atoms with Crippen LogP contribution in [0.15, 0.2) is 56.0 Å². The van der Waals surface area contributed by atoms with E-state index in [1.54, 1.807) is 23.5 Å². The topological polar surface area (TPSA) is 47.6 Å². The van der Waals surface area contributed by atoms with E-state index in [0.717, 1.165) is 19.6 Å². The van der Waals surface area contributed by atoms with Gasteiger partial charge in [0.2, 0.25) is 0 Å². The average molecular weight is 328 g/mol. The molecule has 0 saturated heterocycles. The fourth-order valence-corrected chi connectivity index (χ4v) is 3.56. The highest BCUT2D eigenvalue weighted by Gasteiger charge is 2.09. The molecular weight excluding hydrogens is 316 g/mol. The summed E-state index contributed by atoms with van der Waals surface area (Å²) in [6.07, 6.45) is 3.97. The van der Waals surface area contributed by atoms with Crippen LogP contribution in [0.1, 0.15) is 11.1 Å². The van der Waals surface area contributed by atoms with Crippen LogP contribution in [0.2, 0.25) is 0 Å².